The van der Waals surface area contributed by atoms with E-state index in [-0.39, 0.29) is 0 Å². The van der Waals surface area contributed by atoms with Crippen LogP contribution in [0.4, 0.5) is 0 Å². The van der Waals surface area contributed by atoms with E-state index in [2.05, 4.69) is 55.7 Å². The van der Waals surface area contributed by atoms with Crippen LogP contribution in [0.25, 0.3) is 0 Å². The SMILES string of the molecule is CCCB1N(C)B(CCC)N(CCC)B(C)N1CCC. The Morgan fingerprint density at radius 1 is 0.700 bits per heavy atom. The fraction of sp³-hybridized carbons (Fsp3) is 1.00. The lowest BCUT2D eigenvalue weighted by Crippen LogP contribution is -2.75. The molecule has 0 saturated carbocycles. The third kappa shape index (κ3) is 4.05. The Kier molecular flexibility index (Phi) is 8.31. The predicted molar refractivity (Wildman–Crippen MR) is 95.1 cm³/mol. The van der Waals surface area contributed by atoms with Gasteiger partial charge < -0.3 is 14.2 Å². The molecule has 0 spiro atoms. The lowest BCUT2D eigenvalue weighted by atomic mass is 9.41. The van der Waals surface area contributed by atoms with Crippen LogP contribution in [0.3, 0.4) is 0 Å². The van der Waals surface area contributed by atoms with E-state index in [1.807, 2.05) is 0 Å². The van der Waals surface area contributed by atoms with Gasteiger partial charge in [0, 0.05) is 0 Å². The second kappa shape index (κ2) is 9.17. The minimum absolute atomic E-state index is 0.583. The minimum atomic E-state index is 0.583. The zero-order chi connectivity index (χ0) is 15.1. The molecule has 1 aliphatic rings. The first-order valence-corrected chi connectivity index (χ1v) is 8.85. The van der Waals surface area contributed by atoms with Crippen LogP contribution >= 0.6 is 0 Å². The van der Waals surface area contributed by atoms with Crippen LogP contribution in [0.5, 0.6) is 0 Å². The first-order chi connectivity index (χ1) is 9.62. The van der Waals surface area contributed by atoms with E-state index in [9.17, 15) is 0 Å². The highest BCUT2D eigenvalue weighted by Gasteiger charge is 2.47. The standard InChI is InChI=1S/C14H34B3N3/c1-7-11-16-18(6)17(12-8-2)20(14-10-4)15(5)19(16)13-9-3/h7-14H2,1-6H3. The van der Waals surface area contributed by atoms with Crippen LogP contribution in [-0.4, -0.2) is 55.3 Å². The lowest BCUT2D eigenvalue weighted by Gasteiger charge is -2.53. The summed E-state index contributed by atoms with van der Waals surface area (Å²) in [6.45, 7) is 15.9. The Labute approximate surface area is 128 Å². The van der Waals surface area contributed by atoms with Crippen molar-refractivity contribution in [3.05, 3.63) is 0 Å². The van der Waals surface area contributed by atoms with Crippen LogP contribution in [0.15, 0.2) is 0 Å². The van der Waals surface area contributed by atoms with Crippen molar-refractivity contribution in [1.29, 1.82) is 0 Å². The van der Waals surface area contributed by atoms with Gasteiger partial charge in [-0.1, -0.05) is 47.4 Å². The fourth-order valence-corrected chi connectivity index (χ4v) is 3.80. The summed E-state index contributed by atoms with van der Waals surface area (Å²) in [7, 11) is 2.35. The summed E-state index contributed by atoms with van der Waals surface area (Å²) in [5.41, 5.74) is 0. The molecule has 1 aliphatic heterocycles. The predicted octanol–water partition coefficient (Wildman–Crippen LogP) is 3.27. The highest BCUT2D eigenvalue weighted by atomic mass is 15.3. The van der Waals surface area contributed by atoms with Gasteiger partial charge in [-0.15, -0.1) is 0 Å². The average molecular weight is 277 g/mol. The summed E-state index contributed by atoms with van der Waals surface area (Å²) in [6, 6.07) is 0. The van der Waals surface area contributed by atoms with Crippen molar-refractivity contribution in [2.24, 2.45) is 0 Å². The lowest BCUT2D eigenvalue weighted by molar-refractivity contribution is 0.447. The van der Waals surface area contributed by atoms with Crippen LogP contribution in [0.2, 0.25) is 19.5 Å². The molecule has 0 bridgehead atoms. The highest BCUT2D eigenvalue weighted by molar-refractivity contribution is 6.85. The smallest absolute Gasteiger partial charge is 0.289 e. The molecule has 3 nitrogen and oxygen atoms in total. The number of rotatable bonds is 8. The molecule has 0 atom stereocenters. The van der Waals surface area contributed by atoms with Gasteiger partial charge in [0.05, 0.1) is 0 Å². The summed E-state index contributed by atoms with van der Waals surface area (Å²) >= 11 is 0. The molecule has 0 aromatic rings. The van der Waals surface area contributed by atoms with Crippen molar-refractivity contribution >= 4 is 20.9 Å². The normalized spacial score (nSPS) is 19.2. The molecule has 0 aromatic heterocycles. The molecule has 0 amide bonds. The molecule has 0 radical (unpaired) electrons. The summed E-state index contributed by atoms with van der Waals surface area (Å²) in [5.74, 6) is 0. The maximum absolute atomic E-state index is 2.73. The van der Waals surface area contributed by atoms with E-state index in [1.165, 1.54) is 51.4 Å². The first-order valence-electron chi connectivity index (χ1n) is 8.85. The summed E-state index contributed by atoms with van der Waals surface area (Å²) in [4.78, 5) is 0. The van der Waals surface area contributed by atoms with Crippen molar-refractivity contribution in [1.82, 2.24) is 14.2 Å². The Bertz CT molecular complexity index is 218. The molecule has 1 fully saturated rings. The van der Waals surface area contributed by atoms with Gasteiger partial charge in [-0.25, -0.2) is 0 Å². The number of hydrogen-bond acceptors (Lipinski definition) is 3. The van der Waals surface area contributed by atoms with E-state index in [0.29, 0.717) is 20.9 Å². The fourth-order valence-electron chi connectivity index (χ4n) is 3.80. The van der Waals surface area contributed by atoms with E-state index in [0.717, 1.165) is 0 Å². The van der Waals surface area contributed by atoms with Crippen molar-refractivity contribution < 1.29 is 0 Å². The quantitative estimate of drug-likeness (QED) is 0.630. The average Bonchev–Trinajstić information content (AvgIpc) is 2.44. The summed E-state index contributed by atoms with van der Waals surface area (Å²) in [6.07, 6.45) is 7.62. The highest BCUT2D eigenvalue weighted by Crippen LogP contribution is 2.24. The van der Waals surface area contributed by atoms with Gasteiger partial charge in [0.15, 0.2) is 0 Å². The Balaban J connectivity index is 2.96. The zero-order valence-electron chi connectivity index (χ0n) is 14.7. The van der Waals surface area contributed by atoms with Gasteiger partial charge in [0.2, 0.25) is 0 Å². The van der Waals surface area contributed by atoms with E-state index in [1.54, 1.807) is 0 Å². The summed E-state index contributed by atoms with van der Waals surface area (Å²) < 4.78 is 8.11. The van der Waals surface area contributed by atoms with E-state index in [4.69, 9.17) is 0 Å². The number of nitrogens with zero attached hydrogens (tertiary/aromatic N) is 3. The molecule has 6 heteroatoms. The third-order valence-electron chi connectivity index (χ3n) is 4.72. The molecule has 0 aromatic carbocycles. The van der Waals surface area contributed by atoms with Crippen molar-refractivity contribution in [2.75, 3.05) is 20.1 Å². The van der Waals surface area contributed by atoms with Crippen LogP contribution < -0.4 is 0 Å². The zero-order valence-corrected chi connectivity index (χ0v) is 14.7. The molecular formula is C14H34B3N3. The molecule has 114 valence electrons. The van der Waals surface area contributed by atoms with Gasteiger partial charge in [-0.05, 0) is 45.6 Å². The van der Waals surface area contributed by atoms with E-state index < -0.39 is 0 Å². The topological polar surface area (TPSA) is 9.72 Å². The first kappa shape index (κ1) is 18.1. The minimum Gasteiger partial charge on any atom is -0.360 e. The maximum Gasteiger partial charge on any atom is 0.289 e. The molecular weight excluding hydrogens is 243 g/mol. The third-order valence-corrected chi connectivity index (χ3v) is 4.72. The maximum atomic E-state index is 2.73. The van der Waals surface area contributed by atoms with Crippen LogP contribution in [0, 0.1) is 0 Å². The molecule has 0 N–H and O–H groups in total. The monoisotopic (exact) mass is 277 g/mol. The molecule has 1 heterocycles. The molecule has 1 rings (SSSR count). The largest absolute Gasteiger partial charge is 0.360 e. The molecule has 0 aliphatic carbocycles. The molecule has 20 heavy (non-hydrogen) atoms. The van der Waals surface area contributed by atoms with Gasteiger partial charge in [0.25, 0.3) is 20.9 Å². The number of hydrogen-bond donors (Lipinski definition) is 0. The Hall–Kier alpha value is 0.0748. The van der Waals surface area contributed by atoms with Gasteiger partial charge in [-0.2, -0.15) is 0 Å². The molecule has 0 unspecified atom stereocenters. The van der Waals surface area contributed by atoms with Crippen LogP contribution in [0.1, 0.15) is 53.4 Å². The van der Waals surface area contributed by atoms with E-state index >= 15 is 0 Å². The second-order valence-corrected chi connectivity index (χ2v) is 6.31. The van der Waals surface area contributed by atoms with Gasteiger partial charge >= 0.3 is 0 Å². The second-order valence-electron chi connectivity index (χ2n) is 6.31. The Morgan fingerprint density at radius 2 is 1.10 bits per heavy atom. The molecule has 1 saturated heterocycles. The van der Waals surface area contributed by atoms with Gasteiger partial charge in [-0.3, -0.25) is 0 Å². The Morgan fingerprint density at radius 3 is 1.40 bits per heavy atom. The van der Waals surface area contributed by atoms with Crippen LogP contribution in [-0.2, 0) is 0 Å². The van der Waals surface area contributed by atoms with Crippen molar-refractivity contribution in [3.63, 3.8) is 0 Å². The van der Waals surface area contributed by atoms with Gasteiger partial charge in [0.1, 0.15) is 0 Å². The summed E-state index contributed by atoms with van der Waals surface area (Å²) in [5, 5.41) is 0. The van der Waals surface area contributed by atoms with Crippen molar-refractivity contribution in [2.45, 2.75) is 72.8 Å². The van der Waals surface area contributed by atoms with Crippen molar-refractivity contribution in [3.8, 4) is 0 Å².